The Labute approximate surface area is 212 Å². The van der Waals surface area contributed by atoms with Gasteiger partial charge in [-0.1, -0.05) is 69.5 Å². The van der Waals surface area contributed by atoms with E-state index in [2.05, 4.69) is 72.2 Å². The fourth-order valence-electron chi connectivity index (χ4n) is 7.37. The largest absolute Gasteiger partial charge is 0.396 e. The van der Waals surface area contributed by atoms with E-state index in [0.29, 0.717) is 17.5 Å². The van der Waals surface area contributed by atoms with Crippen molar-refractivity contribution < 1.29 is 10.2 Å². The van der Waals surface area contributed by atoms with Crippen LogP contribution in [-0.4, -0.2) is 48.6 Å². The molecule has 2 aliphatic heterocycles. The van der Waals surface area contributed by atoms with Gasteiger partial charge in [0.15, 0.2) is 0 Å². The summed E-state index contributed by atoms with van der Waals surface area (Å²) >= 11 is 0. The van der Waals surface area contributed by atoms with Crippen molar-refractivity contribution in [1.82, 2.24) is 0 Å². The van der Waals surface area contributed by atoms with Crippen molar-refractivity contribution in [1.29, 1.82) is 0 Å². The van der Waals surface area contributed by atoms with Gasteiger partial charge in [-0.2, -0.15) is 0 Å². The van der Waals surface area contributed by atoms with Crippen LogP contribution < -0.4 is 9.80 Å². The number of fused-ring (bicyclic) bond motifs is 3. The number of rotatable bonds is 12. The molecule has 0 radical (unpaired) electrons. The van der Waals surface area contributed by atoms with Crippen LogP contribution >= 0.6 is 0 Å². The Bertz CT molecular complexity index is 931. The van der Waals surface area contributed by atoms with Crippen molar-refractivity contribution in [3.05, 3.63) is 59.7 Å². The topological polar surface area (TPSA) is 46.9 Å². The lowest BCUT2D eigenvalue weighted by Gasteiger charge is -2.35. The van der Waals surface area contributed by atoms with Crippen molar-refractivity contribution in [2.45, 2.75) is 94.5 Å². The van der Waals surface area contributed by atoms with E-state index in [1.54, 1.807) is 5.56 Å². The molecule has 1 aliphatic carbocycles. The Kier molecular flexibility index (Phi) is 7.14. The lowest BCUT2D eigenvalue weighted by molar-refractivity contribution is 0.284. The lowest BCUT2D eigenvalue weighted by Crippen LogP contribution is -2.42. The molecular formula is C31H44N2O2. The van der Waals surface area contributed by atoms with Gasteiger partial charge in [0.25, 0.3) is 0 Å². The highest BCUT2D eigenvalue weighted by Gasteiger charge is 2.57. The predicted octanol–water partition coefficient (Wildman–Crippen LogP) is 5.79. The van der Waals surface area contributed by atoms with E-state index in [9.17, 15) is 10.2 Å². The fraction of sp³-hybridized carbons (Fsp3) is 0.613. The Hall–Kier alpha value is -2.04. The highest BCUT2D eigenvalue weighted by atomic mass is 16.3. The van der Waals surface area contributed by atoms with Crippen LogP contribution in [0, 0.1) is 0 Å². The summed E-state index contributed by atoms with van der Waals surface area (Å²) in [6.45, 7) is 7.23. The van der Waals surface area contributed by atoms with E-state index in [1.807, 2.05) is 0 Å². The van der Waals surface area contributed by atoms with Crippen LogP contribution in [0.3, 0.4) is 0 Å². The van der Waals surface area contributed by atoms with Gasteiger partial charge in [-0.05, 0) is 61.8 Å². The number of benzene rings is 2. The standard InChI is InChI=1S/C31H44N2O2/c1-30(2)24-12-6-8-14-26(24)32(20-10-22-34)28(30)16-4-3-5-17-29-31(18-19-31)25-13-7-9-15-27(25)33(29)21-11-23-35/h6-9,12-15,28-29,34-35H,3-5,10-11,16-23H2,1-2H3/t28-,29?/m0/s1. The molecule has 0 bridgehead atoms. The number of hydrogen-bond donors (Lipinski definition) is 2. The van der Waals surface area contributed by atoms with Crippen LogP contribution in [0.5, 0.6) is 0 Å². The normalized spacial score (nSPS) is 23.1. The maximum Gasteiger partial charge on any atom is 0.0447 e. The molecule has 0 saturated heterocycles. The molecule has 2 aromatic carbocycles. The molecule has 1 unspecified atom stereocenters. The highest BCUT2D eigenvalue weighted by Crippen LogP contribution is 2.61. The second-order valence-electron chi connectivity index (χ2n) is 11.6. The maximum atomic E-state index is 9.49. The zero-order valence-corrected chi connectivity index (χ0v) is 21.8. The molecule has 4 nitrogen and oxygen atoms in total. The van der Waals surface area contributed by atoms with E-state index in [0.717, 1.165) is 25.9 Å². The average Bonchev–Trinajstić information content (AvgIpc) is 3.58. The number of anilines is 2. The van der Waals surface area contributed by atoms with Crippen LogP contribution in [0.15, 0.2) is 48.5 Å². The molecule has 0 aromatic heterocycles. The monoisotopic (exact) mass is 476 g/mol. The van der Waals surface area contributed by atoms with Crippen molar-refractivity contribution in [2.24, 2.45) is 0 Å². The minimum atomic E-state index is 0.137. The number of hydrogen-bond acceptors (Lipinski definition) is 4. The Morgan fingerprint density at radius 2 is 1.20 bits per heavy atom. The maximum absolute atomic E-state index is 9.49. The predicted molar refractivity (Wildman–Crippen MR) is 146 cm³/mol. The van der Waals surface area contributed by atoms with E-state index in [4.69, 9.17) is 0 Å². The van der Waals surface area contributed by atoms with Crippen molar-refractivity contribution in [2.75, 3.05) is 36.1 Å². The summed E-state index contributed by atoms with van der Waals surface area (Å²) in [6.07, 6.45) is 10.6. The van der Waals surface area contributed by atoms with Gasteiger partial charge in [0.2, 0.25) is 0 Å². The van der Waals surface area contributed by atoms with Gasteiger partial charge >= 0.3 is 0 Å². The smallest absolute Gasteiger partial charge is 0.0447 e. The lowest BCUT2D eigenvalue weighted by atomic mass is 9.78. The van der Waals surface area contributed by atoms with Gasteiger partial charge in [0.05, 0.1) is 0 Å². The summed E-state index contributed by atoms with van der Waals surface area (Å²) in [7, 11) is 0. The van der Waals surface area contributed by atoms with Crippen molar-refractivity contribution in [3.63, 3.8) is 0 Å². The first-order valence-electron chi connectivity index (χ1n) is 14.0. The molecule has 2 atom stereocenters. The molecule has 1 saturated carbocycles. The molecule has 5 rings (SSSR count). The molecule has 2 heterocycles. The third-order valence-corrected chi connectivity index (χ3v) is 9.24. The van der Waals surface area contributed by atoms with Crippen LogP contribution in [0.4, 0.5) is 11.4 Å². The summed E-state index contributed by atoms with van der Waals surface area (Å²) in [6, 6.07) is 19.0. The van der Waals surface area contributed by atoms with Crippen LogP contribution in [0.2, 0.25) is 0 Å². The number of aliphatic hydroxyl groups excluding tert-OH is 2. The van der Waals surface area contributed by atoms with E-state index in [-0.39, 0.29) is 18.6 Å². The first-order chi connectivity index (χ1) is 17.0. The van der Waals surface area contributed by atoms with E-state index >= 15 is 0 Å². The summed E-state index contributed by atoms with van der Waals surface area (Å²) in [4.78, 5) is 5.21. The number of aliphatic hydroxyl groups is 2. The minimum absolute atomic E-state index is 0.137. The third kappa shape index (κ3) is 4.38. The first-order valence-corrected chi connectivity index (χ1v) is 14.0. The summed E-state index contributed by atoms with van der Waals surface area (Å²) in [5, 5.41) is 19.0. The molecule has 1 fully saturated rings. The van der Waals surface area contributed by atoms with Gasteiger partial charge in [0.1, 0.15) is 0 Å². The molecule has 1 spiro atoms. The molecule has 35 heavy (non-hydrogen) atoms. The van der Waals surface area contributed by atoms with Gasteiger partial charge in [-0.15, -0.1) is 0 Å². The summed E-state index contributed by atoms with van der Waals surface area (Å²) in [5.74, 6) is 0. The fourth-order valence-corrected chi connectivity index (χ4v) is 7.37. The van der Waals surface area contributed by atoms with Gasteiger partial charge in [-0.3, -0.25) is 0 Å². The quantitative estimate of drug-likeness (QED) is 0.381. The summed E-state index contributed by atoms with van der Waals surface area (Å²) in [5.41, 5.74) is 6.33. The molecule has 190 valence electrons. The Morgan fingerprint density at radius 1 is 0.686 bits per heavy atom. The zero-order chi connectivity index (χ0) is 24.5. The number of para-hydroxylation sites is 2. The second-order valence-corrected chi connectivity index (χ2v) is 11.6. The van der Waals surface area contributed by atoms with E-state index in [1.165, 1.54) is 61.9 Å². The highest BCUT2D eigenvalue weighted by molar-refractivity contribution is 5.67. The number of nitrogens with zero attached hydrogens (tertiary/aromatic N) is 2. The second kappa shape index (κ2) is 10.1. The van der Waals surface area contributed by atoms with E-state index < -0.39 is 0 Å². The Balaban J connectivity index is 1.20. The average molecular weight is 477 g/mol. The first kappa shape index (κ1) is 24.6. The van der Waals surface area contributed by atoms with Gasteiger partial charge in [-0.25, -0.2) is 0 Å². The minimum Gasteiger partial charge on any atom is -0.396 e. The van der Waals surface area contributed by atoms with Gasteiger partial charge < -0.3 is 20.0 Å². The number of unbranched alkanes of at least 4 members (excludes halogenated alkanes) is 2. The molecule has 2 N–H and O–H groups in total. The van der Waals surface area contributed by atoms with Crippen molar-refractivity contribution in [3.8, 4) is 0 Å². The van der Waals surface area contributed by atoms with Crippen LogP contribution in [0.1, 0.15) is 82.8 Å². The molecular weight excluding hydrogens is 432 g/mol. The summed E-state index contributed by atoms with van der Waals surface area (Å²) < 4.78 is 0. The van der Waals surface area contributed by atoms with Crippen molar-refractivity contribution >= 4 is 11.4 Å². The zero-order valence-electron chi connectivity index (χ0n) is 21.8. The van der Waals surface area contributed by atoms with Crippen LogP contribution in [-0.2, 0) is 10.8 Å². The molecule has 3 aliphatic rings. The third-order valence-electron chi connectivity index (χ3n) is 9.24. The molecule has 0 amide bonds. The Morgan fingerprint density at radius 3 is 1.80 bits per heavy atom. The molecule has 2 aromatic rings. The van der Waals surface area contributed by atoms with Gasteiger partial charge in [0, 0.05) is 60.6 Å². The van der Waals surface area contributed by atoms with Crippen LogP contribution in [0.25, 0.3) is 0 Å². The molecule has 4 heteroatoms. The SMILES string of the molecule is CC1(C)c2ccccc2N(CCCO)[C@H]1CCCCCC1N(CCCO)c2ccccc2C12CC2.